The van der Waals surface area contributed by atoms with Gasteiger partial charge in [0, 0.05) is 86.4 Å². The summed E-state index contributed by atoms with van der Waals surface area (Å²) in [7, 11) is 1.57. The zero-order valence-corrected chi connectivity index (χ0v) is 33.2. The van der Waals surface area contributed by atoms with Crippen molar-refractivity contribution in [3.63, 3.8) is 0 Å². The summed E-state index contributed by atoms with van der Waals surface area (Å²) in [5.74, 6) is -2.55. The molecule has 0 spiro atoms. The summed E-state index contributed by atoms with van der Waals surface area (Å²) in [6.07, 6.45) is -4.52. The number of rotatable bonds is 7. The van der Waals surface area contributed by atoms with Crippen molar-refractivity contribution in [1.82, 2.24) is 9.80 Å². The molecule has 2 aliphatic heterocycles. The van der Waals surface area contributed by atoms with Crippen LogP contribution in [0.1, 0.15) is 47.4 Å². The molecule has 4 heterocycles. The highest BCUT2D eigenvalue weighted by Gasteiger charge is 2.32. The van der Waals surface area contributed by atoms with Crippen LogP contribution in [0.15, 0.2) is 93.8 Å². The van der Waals surface area contributed by atoms with Gasteiger partial charge in [-0.3, -0.25) is 9.59 Å². The topological polar surface area (TPSA) is 157 Å². The molecule has 13 nitrogen and oxygen atoms in total. The number of fused-ring (bicyclic) bond motifs is 2. The number of hydrogen-bond acceptors (Lipinski definition) is 9. The Morgan fingerprint density at radius 1 is 0.617 bits per heavy atom. The van der Waals surface area contributed by atoms with Gasteiger partial charge in [0.2, 0.25) is 11.5 Å². The number of methoxy groups -OCH3 is 1. The lowest BCUT2D eigenvalue weighted by Crippen LogP contribution is -2.48. The van der Waals surface area contributed by atoms with Crippen LogP contribution < -0.4 is 14.5 Å². The monoisotopic (exact) mass is 866 g/mol. The van der Waals surface area contributed by atoms with Crippen LogP contribution in [0.25, 0.3) is 21.9 Å². The first kappa shape index (κ1) is 41.8. The Bertz CT molecular complexity index is 2610. The Kier molecular flexibility index (Phi) is 11.9. The van der Waals surface area contributed by atoms with Crippen LogP contribution in [0.5, 0.6) is 5.75 Å². The van der Waals surface area contributed by atoms with Crippen LogP contribution in [0, 0.1) is 0 Å². The number of piperazine rings is 2. The van der Waals surface area contributed by atoms with Crippen molar-refractivity contribution >= 4 is 80.3 Å². The quantitative estimate of drug-likeness (QED) is 0.159. The molecule has 2 amide bonds. The maximum absolute atomic E-state index is 12.9. The fourth-order valence-corrected chi connectivity index (χ4v) is 7.74. The molecule has 0 unspecified atom stereocenters. The van der Waals surface area contributed by atoms with Crippen LogP contribution in [0.3, 0.4) is 0 Å². The Balaban J connectivity index is 0.000000182. The van der Waals surface area contributed by atoms with Gasteiger partial charge >= 0.3 is 18.1 Å². The first-order valence-corrected chi connectivity index (χ1v) is 19.2. The fraction of sp³-hybridized carbons (Fsp3) is 0.238. The predicted octanol–water partition coefficient (Wildman–Crippen LogP) is 8.52. The predicted molar refractivity (Wildman–Crippen MR) is 217 cm³/mol. The van der Waals surface area contributed by atoms with Gasteiger partial charge < -0.3 is 43.4 Å². The van der Waals surface area contributed by atoms with Crippen molar-refractivity contribution in [2.45, 2.75) is 6.18 Å². The minimum atomic E-state index is -4.52. The Morgan fingerprint density at radius 2 is 1.05 bits per heavy atom. The summed E-state index contributed by atoms with van der Waals surface area (Å²) in [5, 5.41) is 20.0. The molecule has 2 aromatic heterocycles. The van der Waals surface area contributed by atoms with Crippen molar-refractivity contribution in [2.24, 2.45) is 0 Å². The zero-order chi connectivity index (χ0) is 42.9. The number of carboxylic acids is 2. The third-order valence-corrected chi connectivity index (χ3v) is 11.0. The highest BCUT2D eigenvalue weighted by Crippen LogP contribution is 2.38. The Labute approximate surface area is 349 Å². The van der Waals surface area contributed by atoms with Crippen LogP contribution in [-0.2, 0) is 6.18 Å². The number of amides is 2. The molecule has 18 heteroatoms. The molecule has 0 aliphatic carbocycles. The van der Waals surface area contributed by atoms with Crippen molar-refractivity contribution in [1.29, 1.82) is 0 Å². The standard InChI is InChI=1S/C21H16ClF3N2O4.C21H19ClN2O5/c22-18-14-11-17(20(29)30)31-16(14)5-4-15(18)26-6-8-27(9-7-26)19(28)12-2-1-3-13(10-12)21(23,24)25;1-28-14-4-2-3-13(11-14)20(25)24-9-7-23(8-10-24)16-5-6-17-15(19(16)22)12-18(29-17)21(26)27/h1-5,10-11H,6-9H2,(H,29,30);2-6,11-12H,7-10H2,1H3,(H,26,27). The molecule has 60 heavy (non-hydrogen) atoms. The molecule has 0 saturated carbocycles. The molecule has 2 saturated heterocycles. The minimum Gasteiger partial charge on any atom is -0.497 e. The number of nitrogens with zero attached hydrogens (tertiary/aromatic N) is 4. The second-order valence-electron chi connectivity index (χ2n) is 13.8. The third kappa shape index (κ3) is 8.65. The van der Waals surface area contributed by atoms with Gasteiger partial charge in [0.1, 0.15) is 16.9 Å². The van der Waals surface area contributed by atoms with Crippen LogP contribution in [0.2, 0.25) is 10.0 Å². The lowest BCUT2D eigenvalue weighted by Gasteiger charge is -2.36. The summed E-state index contributed by atoms with van der Waals surface area (Å²) in [6, 6.07) is 21.2. The number of carbonyl (C=O) groups excluding carboxylic acids is 2. The van der Waals surface area contributed by atoms with E-state index in [4.69, 9.17) is 47.0 Å². The summed E-state index contributed by atoms with van der Waals surface area (Å²) in [6.45, 7) is 3.77. The van der Waals surface area contributed by atoms with E-state index in [1.54, 1.807) is 54.5 Å². The fourth-order valence-electron chi connectivity index (χ4n) is 7.08. The lowest BCUT2D eigenvalue weighted by molar-refractivity contribution is -0.137. The van der Waals surface area contributed by atoms with Gasteiger partial charge in [0.15, 0.2) is 0 Å². The summed E-state index contributed by atoms with van der Waals surface area (Å²) in [4.78, 5) is 55.0. The number of furan rings is 2. The summed E-state index contributed by atoms with van der Waals surface area (Å²) in [5.41, 5.74) is 1.97. The number of halogens is 5. The Morgan fingerprint density at radius 3 is 1.47 bits per heavy atom. The molecular formula is C42H35Cl2F3N4O9. The summed E-state index contributed by atoms with van der Waals surface area (Å²) < 4.78 is 54.5. The van der Waals surface area contributed by atoms with E-state index in [2.05, 4.69) is 4.90 Å². The maximum atomic E-state index is 12.9. The highest BCUT2D eigenvalue weighted by atomic mass is 35.5. The number of aromatic carboxylic acids is 2. The van der Waals surface area contributed by atoms with Crippen molar-refractivity contribution in [3.8, 4) is 5.75 Å². The van der Waals surface area contributed by atoms with Gasteiger partial charge in [-0.05, 0) is 60.7 Å². The first-order chi connectivity index (χ1) is 28.6. The number of ether oxygens (including phenoxy) is 1. The van der Waals surface area contributed by atoms with Gasteiger partial charge in [-0.15, -0.1) is 0 Å². The number of benzene rings is 4. The molecule has 0 bridgehead atoms. The number of hydrogen-bond donors (Lipinski definition) is 2. The molecule has 6 aromatic rings. The normalized spacial score (nSPS) is 14.6. The molecule has 0 atom stereocenters. The van der Waals surface area contributed by atoms with Crippen LogP contribution in [-0.4, -0.2) is 103 Å². The van der Waals surface area contributed by atoms with Gasteiger partial charge in [-0.1, -0.05) is 35.3 Å². The van der Waals surface area contributed by atoms with E-state index in [-0.39, 0.29) is 23.0 Å². The van der Waals surface area contributed by atoms with Crippen LogP contribution >= 0.6 is 23.2 Å². The second-order valence-corrected chi connectivity index (χ2v) is 14.6. The number of alkyl halides is 3. The number of carbonyl (C=O) groups is 4. The largest absolute Gasteiger partial charge is 0.497 e. The van der Waals surface area contributed by atoms with E-state index in [1.807, 2.05) is 11.0 Å². The molecule has 0 radical (unpaired) electrons. The van der Waals surface area contributed by atoms with E-state index in [0.29, 0.717) is 101 Å². The molecule has 4 aromatic carbocycles. The van der Waals surface area contributed by atoms with Gasteiger partial charge in [-0.25, -0.2) is 9.59 Å². The van der Waals surface area contributed by atoms with Gasteiger partial charge in [0.05, 0.1) is 34.1 Å². The Hall–Kier alpha value is -6.39. The van der Waals surface area contributed by atoms with Crippen LogP contribution in [0.4, 0.5) is 24.5 Å². The van der Waals surface area contributed by atoms with Crippen molar-refractivity contribution < 1.29 is 56.1 Å². The van der Waals surface area contributed by atoms with E-state index < -0.39 is 29.6 Å². The SMILES string of the molecule is COc1cccc(C(=O)N2CCN(c3ccc4oc(C(=O)O)cc4c3Cl)CC2)c1.O=C(O)c1cc2c(Cl)c(N3CCN(C(=O)c4cccc(C(F)(F)F)c4)CC3)ccc2o1. The van der Waals surface area contributed by atoms with Crippen molar-refractivity contribution in [2.75, 3.05) is 69.3 Å². The van der Waals surface area contributed by atoms with E-state index in [9.17, 15) is 32.3 Å². The van der Waals surface area contributed by atoms with E-state index in [1.165, 1.54) is 29.2 Å². The zero-order valence-electron chi connectivity index (χ0n) is 31.7. The number of anilines is 2. The minimum absolute atomic E-state index is 0.0117. The third-order valence-electron chi connectivity index (χ3n) is 10.2. The van der Waals surface area contributed by atoms with E-state index >= 15 is 0 Å². The average Bonchev–Trinajstić information content (AvgIpc) is 3.91. The molecule has 312 valence electrons. The molecule has 2 N–H and O–H groups in total. The molecule has 8 rings (SSSR count). The molecule has 2 fully saturated rings. The summed E-state index contributed by atoms with van der Waals surface area (Å²) >= 11 is 13.0. The second kappa shape index (κ2) is 17.1. The average molecular weight is 868 g/mol. The smallest absolute Gasteiger partial charge is 0.416 e. The number of carboxylic acid groups (broad SMARTS) is 2. The highest BCUT2D eigenvalue weighted by molar-refractivity contribution is 6.38. The van der Waals surface area contributed by atoms with Gasteiger partial charge in [0.25, 0.3) is 11.8 Å². The first-order valence-electron chi connectivity index (χ1n) is 18.4. The van der Waals surface area contributed by atoms with E-state index in [0.717, 1.165) is 17.8 Å². The van der Waals surface area contributed by atoms with Gasteiger partial charge in [-0.2, -0.15) is 13.2 Å². The lowest BCUT2D eigenvalue weighted by atomic mass is 10.1. The molecule has 2 aliphatic rings. The maximum Gasteiger partial charge on any atom is 0.416 e. The molecular weight excluding hydrogens is 832 g/mol. The van der Waals surface area contributed by atoms with Crippen molar-refractivity contribution in [3.05, 3.63) is 123 Å².